The molecule has 0 aromatic carbocycles. The third kappa shape index (κ3) is 2.97. The second-order valence-electron chi connectivity index (χ2n) is 6.54. The summed E-state index contributed by atoms with van der Waals surface area (Å²) in [6.45, 7) is 4.19. The van der Waals surface area contributed by atoms with Gasteiger partial charge in [0.15, 0.2) is 0 Å². The van der Waals surface area contributed by atoms with Crippen LogP contribution < -0.4 is 10.6 Å². The quantitative estimate of drug-likeness (QED) is 0.890. The molecule has 5 heteroatoms. The van der Waals surface area contributed by atoms with Gasteiger partial charge < -0.3 is 10.6 Å². The molecule has 2 fully saturated rings. The maximum atomic E-state index is 6.00. The van der Waals surface area contributed by atoms with Gasteiger partial charge >= 0.3 is 0 Å². The molecule has 3 N–H and O–H groups in total. The van der Waals surface area contributed by atoms with Crippen molar-refractivity contribution in [1.29, 1.82) is 0 Å². The van der Waals surface area contributed by atoms with E-state index in [9.17, 15) is 0 Å². The number of hydrogen-bond acceptors (Lipinski definition) is 4. The molecule has 2 heterocycles. The van der Waals surface area contributed by atoms with E-state index in [1.807, 2.05) is 0 Å². The number of nitrogens with zero attached hydrogens (tertiary/aromatic N) is 3. The van der Waals surface area contributed by atoms with Crippen LogP contribution in [-0.2, 0) is 0 Å². The topological polar surface area (TPSA) is 70.8 Å². The number of aromatic amines is 1. The van der Waals surface area contributed by atoms with Gasteiger partial charge in [0, 0.05) is 25.0 Å². The zero-order valence-electron chi connectivity index (χ0n) is 12.5. The third-order valence-corrected chi connectivity index (χ3v) is 5.05. The monoisotopic (exact) mass is 277 g/mol. The number of piperidine rings is 1. The Bertz CT molecular complexity index is 414. The average molecular weight is 277 g/mol. The van der Waals surface area contributed by atoms with E-state index in [0.717, 1.165) is 37.7 Å². The van der Waals surface area contributed by atoms with Gasteiger partial charge in [0.25, 0.3) is 0 Å². The summed E-state index contributed by atoms with van der Waals surface area (Å²) in [5, 5.41) is 7.62. The number of rotatable bonds is 3. The van der Waals surface area contributed by atoms with Crippen LogP contribution >= 0.6 is 0 Å². The van der Waals surface area contributed by atoms with Crippen LogP contribution in [0.1, 0.15) is 63.6 Å². The highest BCUT2D eigenvalue weighted by atomic mass is 15.4. The molecule has 0 bridgehead atoms. The van der Waals surface area contributed by atoms with Crippen LogP contribution in [0.2, 0.25) is 0 Å². The molecule has 5 nitrogen and oxygen atoms in total. The summed E-state index contributed by atoms with van der Waals surface area (Å²) >= 11 is 0. The first kappa shape index (κ1) is 13.9. The van der Waals surface area contributed by atoms with Crippen molar-refractivity contribution in [2.45, 2.75) is 63.8 Å². The highest BCUT2D eigenvalue weighted by molar-refractivity contribution is 5.30. The smallest absolute Gasteiger partial charge is 0.244 e. The molecule has 1 aromatic rings. The van der Waals surface area contributed by atoms with Gasteiger partial charge in [-0.05, 0) is 38.5 Å². The molecule has 2 aliphatic rings. The van der Waals surface area contributed by atoms with Gasteiger partial charge in [-0.1, -0.05) is 19.3 Å². The first-order chi connectivity index (χ1) is 9.74. The van der Waals surface area contributed by atoms with Crippen LogP contribution in [0.5, 0.6) is 0 Å². The van der Waals surface area contributed by atoms with Crippen LogP contribution in [-0.4, -0.2) is 34.3 Å². The molecule has 1 aliphatic carbocycles. The fourth-order valence-electron chi connectivity index (χ4n) is 3.59. The molecule has 1 saturated carbocycles. The van der Waals surface area contributed by atoms with Crippen molar-refractivity contribution in [3.8, 4) is 0 Å². The van der Waals surface area contributed by atoms with E-state index in [4.69, 9.17) is 10.7 Å². The molecular formula is C15H27N5. The van der Waals surface area contributed by atoms with Crippen molar-refractivity contribution in [2.75, 3.05) is 18.0 Å². The summed E-state index contributed by atoms with van der Waals surface area (Å²) in [6, 6.07) is 0.307. The Morgan fingerprint density at radius 2 is 1.85 bits per heavy atom. The van der Waals surface area contributed by atoms with Gasteiger partial charge in [-0.2, -0.15) is 4.98 Å². The number of hydrogen-bond donors (Lipinski definition) is 2. The van der Waals surface area contributed by atoms with Crippen LogP contribution in [0.4, 0.5) is 5.95 Å². The Balaban J connectivity index is 1.60. The number of anilines is 1. The summed E-state index contributed by atoms with van der Waals surface area (Å²) in [6.07, 6.45) is 8.89. The summed E-state index contributed by atoms with van der Waals surface area (Å²) in [5.41, 5.74) is 6.00. The van der Waals surface area contributed by atoms with Gasteiger partial charge in [0.05, 0.1) is 0 Å². The molecule has 20 heavy (non-hydrogen) atoms. The van der Waals surface area contributed by atoms with Gasteiger partial charge in [-0.3, -0.25) is 5.10 Å². The SMILES string of the molecule is CC(N)C1CCN(c2n[nH]c(C3CCCCC3)n2)CC1. The lowest BCUT2D eigenvalue weighted by molar-refractivity contribution is 0.352. The fourth-order valence-corrected chi connectivity index (χ4v) is 3.59. The molecule has 1 aliphatic heterocycles. The van der Waals surface area contributed by atoms with E-state index in [1.54, 1.807) is 0 Å². The van der Waals surface area contributed by atoms with Crippen molar-refractivity contribution in [3.05, 3.63) is 5.82 Å². The van der Waals surface area contributed by atoms with Crippen molar-refractivity contribution in [1.82, 2.24) is 15.2 Å². The molecular weight excluding hydrogens is 250 g/mol. The van der Waals surface area contributed by atoms with E-state index >= 15 is 0 Å². The van der Waals surface area contributed by atoms with Crippen LogP contribution in [0.3, 0.4) is 0 Å². The molecule has 112 valence electrons. The third-order valence-electron chi connectivity index (χ3n) is 5.05. The minimum absolute atomic E-state index is 0.307. The molecule has 1 atom stereocenters. The molecule has 0 spiro atoms. The van der Waals surface area contributed by atoms with Crippen LogP contribution in [0.25, 0.3) is 0 Å². The van der Waals surface area contributed by atoms with E-state index < -0.39 is 0 Å². The Labute approximate surface area is 121 Å². The van der Waals surface area contributed by atoms with E-state index in [0.29, 0.717) is 17.9 Å². The Kier molecular flexibility index (Phi) is 4.24. The van der Waals surface area contributed by atoms with Gasteiger partial charge in [0.2, 0.25) is 5.95 Å². The standard InChI is InChI=1S/C15H27N5/c1-11(16)12-7-9-20(10-8-12)15-17-14(18-19-15)13-5-3-2-4-6-13/h11-13H,2-10,16H2,1H3,(H,17,18,19). The lowest BCUT2D eigenvalue weighted by Gasteiger charge is -2.32. The summed E-state index contributed by atoms with van der Waals surface area (Å²) in [5.74, 6) is 3.26. The molecule has 1 saturated heterocycles. The highest BCUT2D eigenvalue weighted by Crippen LogP contribution is 2.31. The number of nitrogens with one attached hydrogen (secondary N) is 1. The van der Waals surface area contributed by atoms with Crippen molar-refractivity contribution < 1.29 is 0 Å². The summed E-state index contributed by atoms with van der Waals surface area (Å²) in [4.78, 5) is 7.06. The molecule has 0 amide bonds. The van der Waals surface area contributed by atoms with Crippen molar-refractivity contribution in [2.24, 2.45) is 11.7 Å². The van der Waals surface area contributed by atoms with Gasteiger partial charge in [-0.25, -0.2) is 0 Å². The predicted molar refractivity (Wildman–Crippen MR) is 80.8 cm³/mol. The van der Waals surface area contributed by atoms with Crippen LogP contribution in [0.15, 0.2) is 0 Å². The first-order valence-electron chi connectivity index (χ1n) is 8.17. The fraction of sp³-hybridized carbons (Fsp3) is 0.867. The van der Waals surface area contributed by atoms with Crippen molar-refractivity contribution in [3.63, 3.8) is 0 Å². The predicted octanol–water partition coefficient (Wildman–Crippen LogP) is 2.42. The molecule has 0 radical (unpaired) electrons. The van der Waals surface area contributed by atoms with E-state index in [1.165, 1.54) is 32.1 Å². The second-order valence-corrected chi connectivity index (χ2v) is 6.54. The highest BCUT2D eigenvalue weighted by Gasteiger charge is 2.25. The Morgan fingerprint density at radius 3 is 2.50 bits per heavy atom. The number of nitrogens with two attached hydrogens (primary N) is 1. The number of H-pyrrole nitrogens is 1. The van der Waals surface area contributed by atoms with E-state index in [-0.39, 0.29) is 0 Å². The summed E-state index contributed by atoms with van der Waals surface area (Å²) in [7, 11) is 0. The summed E-state index contributed by atoms with van der Waals surface area (Å²) < 4.78 is 0. The number of aromatic nitrogens is 3. The van der Waals surface area contributed by atoms with Crippen LogP contribution in [0, 0.1) is 5.92 Å². The second kappa shape index (κ2) is 6.12. The van der Waals surface area contributed by atoms with Crippen molar-refractivity contribution >= 4 is 5.95 Å². The zero-order valence-corrected chi connectivity index (χ0v) is 12.5. The molecule has 1 unspecified atom stereocenters. The Morgan fingerprint density at radius 1 is 1.15 bits per heavy atom. The van der Waals surface area contributed by atoms with Gasteiger partial charge in [0.1, 0.15) is 5.82 Å². The molecule has 3 rings (SSSR count). The van der Waals surface area contributed by atoms with E-state index in [2.05, 4.69) is 22.0 Å². The minimum Gasteiger partial charge on any atom is -0.340 e. The largest absolute Gasteiger partial charge is 0.340 e. The maximum absolute atomic E-state index is 6.00. The molecule has 1 aromatic heterocycles. The van der Waals surface area contributed by atoms with Gasteiger partial charge in [-0.15, -0.1) is 5.10 Å². The average Bonchev–Trinajstić information content (AvgIpc) is 2.98. The Hall–Kier alpha value is -1.10. The normalized spacial score (nSPS) is 24.0. The lowest BCUT2D eigenvalue weighted by atomic mass is 9.89. The first-order valence-corrected chi connectivity index (χ1v) is 8.17. The zero-order chi connectivity index (χ0) is 13.9. The lowest BCUT2D eigenvalue weighted by Crippen LogP contribution is -2.40. The minimum atomic E-state index is 0.307. The maximum Gasteiger partial charge on any atom is 0.244 e.